The second-order valence-electron chi connectivity index (χ2n) is 5.41. The number of amides is 1. The summed E-state index contributed by atoms with van der Waals surface area (Å²) in [4.78, 5) is 14.4. The highest BCUT2D eigenvalue weighted by Crippen LogP contribution is 2.26. The van der Waals surface area contributed by atoms with Crippen molar-refractivity contribution in [1.29, 1.82) is 0 Å². The van der Waals surface area contributed by atoms with Gasteiger partial charge in [0.2, 0.25) is 0 Å². The molecule has 1 aliphatic heterocycles. The van der Waals surface area contributed by atoms with Gasteiger partial charge in [-0.15, -0.1) is 0 Å². The van der Waals surface area contributed by atoms with Crippen molar-refractivity contribution in [3.05, 3.63) is 23.8 Å². The van der Waals surface area contributed by atoms with E-state index in [0.717, 1.165) is 19.6 Å². The monoisotopic (exact) mass is 278 g/mol. The first-order chi connectivity index (χ1) is 9.58. The number of nitrogens with zero attached hydrogens (tertiary/aromatic N) is 1. The Hall–Kier alpha value is -1.75. The fourth-order valence-corrected chi connectivity index (χ4v) is 2.63. The van der Waals surface area contributed by atoms with Crippen LogP contribution in [0.3, 0.4) is 0 Å². The number of nitrogens with one attached hydrogen (secondary N) is 1. The van der Waals surface area contributed by atoms with E-state index in [9.17, 15) is 15.0 Å². The van der Waals surface area contributed by atoms with E-state index in [-0.39, 0.29) is 23.1 Å². The molecule has 0 aliphatic carbocycles. The van der Waals surface area contributed by atoms with Crippen LogP contribution >= 0.6 is 0 Å². The van der Waals surface area contributed by atoms with Gasteiger partial charge in [0, 0.05) is 12.6 Å². The summed E-state index contributed by atoms with van der Waals surface area (Å²) in [7, 11) is 0. The van der Waals surface area contributed by atoms with Gasteiger partial charge in [-0.2, -0.15) is 0 Å². The maximum Gasteiger partial charge on any atom is 0.259 e. The lowest BCUT2D eigenvalue weighted by atomic mass is 10.1. The van der Waals surface area contributed by atoms with Gasteiger partial charge in [-0.1, -0.05) is 12.5 Å². The molecule has 0 radical (unpaired) electrons. The van der Waals surface area contributed by atoms with Gasteiger partial charge in [0.1, 0.15) is 17.1 Å². The molecule has 1 aromatic carbocycles. The Morgan fingerprint density at radius 1 is 1.25 bits per heavy atom. The van der Waals surface area contributed by atoms with Gasteiger partial charge in [-0.3, -0.25) is 4.79 Å². The van der Waals surface area contributed by atoms with E-state index in [2.05, 4.69) is 10.2 Å². The minimum absolute atomic E-state index is 0.0281. The van der Waals surface area contributed by atoms with Crippen molar-refractivity contribution in [3.63, 3.8) is 0 Å². The van der Waals surface area contributed by atoms with Gasteiger partial charge in [0.15, 0.2) is 0 Å². The van der Waals surface area contributed by atoms with Gasteiger partial charge >= 0.3 is 0 Å². The maximum absolute atomic E-state index is 12.1. The molecule has 0 bridgehead atoms. The highest BCUT2D eigenvalue weighted by Gasteiger charge is 2.19. The number of hydrogen-bond acceptors (Lipinski definition) is 4. The molecule has 3 N–H and O–H groups in total. The van der Waals surface area contributed by atoms with Crippen LogP contribution in [0.15, 0.2) is 18.2 Å². The standard InChI is InChI=1S/C15H22N2O3/c1-11(10-17-8-3-2-4-9-17)16-15(20)14-12(18)6-5-7-13(14)19/h5-7,11,18-19H,2-4,8-10H2,1H3,(H,16,20). The van der Waals surface area contributed by atoms with Gasteiger partial charge < -0.3 is 20.4 Å². The fraction of sp³-hybridized carbons (Fsp3) is 0.533. The molecule has 1 saturated heterocycles. The van der Waals surface area contributed by atoms with E-state index in [0.29, 0.717) is 0 Å². The molecule has 110 valence electrons. The SMILES string of the molecule is CC(CN1CCCCC1)NC(=O)c1c(O)cccc1O. The first-order valence-electron chi connectivity index (χ1n) is 7.12. The zero-order valence-electron chi connectivity index (χ0n) is 11.8. The molecule has 20 heavy (non-hydrogen) atoms. The van der Waals surface area contributed by atoms with Crippen LogP contribution in [0.25, 0.3) is 0 Å². The molecule has 5 nitrogen and oxygen atoms in total. The number of phenols is 2. The zero-order chi connectivity index (χ0) is 14.5. The predicted molar refractivity (Wildman–Crippen MR) is 77.0 cm³/mol. The summed E-state index contributed by atoms with van der Waals surface area (Å²) in [5.74, 6) is -0.842. The van der Waals surface area contributed by atoms with E-state index in [1.54, 1.807) is 0 Å². The first-order valence-corrected chi connectivity index (χ1v) is 7.12. The fourth-order valence-electron chi connectivity index (χ4n) is 2.63. The Balaban J connectivity index is 1.93. The second-order valence-corrected chi connectivity index (χ2v) is 5.41. The number of piperidine rings is 1. The molecular formula is C15H22N2O3. The molecule has 0 saturated carbocycles. The number of carbonyl (C=O) groups excluding carboxylic acids is 1. The molecule has 2 rings (SSSR count). The van der Waals surface area contributed by atoms with Crippen molar-refractivity contribution in [3.8, 4) is 11.5 Å². The van der Waals surface area contributed by atoms with Crippen LogP contribution in [0.4, 0.5) is 0 Å². The molecule has 0 spiro atoms. The predicted octanol–water partition coefficient (Wildman–Crippen LogP) is 1.70. The zero-order valence-corrected chi connectivity index (χ0v) is 11.8. The number of phenolic OH excluding ortho intramolecular Hbond substituents is 2. The minimum Gasteiger partial charge on any atom is -0.507 e. The van der Waals surface area contributed by atoms with Crippen LogP contribution < -0.4 is 5.32 Å². The van der Waals surface area contributed by atoms with Crippen molar-refractivity contribution in [2.45, 2.75) is 32.2 Å². The van der Waals surface area contributed by atoms with Crippen molar-refractivity contribution in [2.24, 2.45) is 0 Å². The highest BCUT2D eigenvalue weighted by molar-refractivity contribution is 5.99. The molecule has 1 aliphatic rings. The molecule has 1 aromatic rings. The summed E-state index contributed by atoms with van der Waals surface area (Å²) in [5.41, 5.74) is -0.0574. The van der Waals surface area contributed by atoms with Crippen molar-refractivity contribution in [2.75, 3.05) is 19.6 Å². The number of hydrogen-bond donors (Lipinski definition) is 3. The lowest BCUT2D eigenvalue weighted by Crippen LogP contribution is -2.43. The molecular weight excluding hydrogens is 256 g/mol. The number of benzene rings is 1. The first kappa shape index (κ1) is 14.7. The van der Waals surface area contributed by atoms with E-state index in [1.807, 2.05) is 6.92 Å². The second kappa shape index (κ2) is 6.61. The highest BCUT2D eigenvalue weighted by atomic mass is 16.3. The van der Waals surface area contributed by atoms with Gasteiger partial charge in [-0.05, 0) is 45.0 Å². The number of aromatic hydroxyl groups is 2. The Bertz CT molecular complexity index is 450. The molecule has 1 unspecified atom stereocenters. The van der Waals surface area contributed by atoms with Crippen LogP contribution in [-0.4, -0.2) is 46.7 Å². The Kier molecular flexibility index (Phi) is 4.84. The topological polar surface area (TPSA) is 72.8 Å². The van der Waals surface area contributed by atoms with E-state index >= 15 is 0 Å². The summed E-state index contributed by atoms with van der Waals surface area (Å²) in [6, 6.07) is 4.26. The van der Waals surface area contributed by atoms with Gasteiger partial charge in [0.25, 0.3) is 5.91 Å². The molecule has 1 fully saturated rings. The number of carbonyl (C=O) groups is 1. The smallest absolute Gasteiger partial charge is 0.259 e. The third kappa shape index (κ3) is 3.63. The third-order valence-electron chi connectivity index (χ3n) is 3.61. The molecule has 1 heterocycles. The van der Waals surface area contributed by atoms with Crippen LogP contribution in [0, 0.1) is 0 Å². The van der Waals surface area contributed by atoms with E-state index in [1.165, 1.54) is 37.5 Å². The van der Waals surface area contributed by atoms with Crippen molar-refractivity contribution < 1.29 is 15.0 Å². The van der Waals surface area contributed by atoms with E-state index < -0.39 is 5.91 Å². The van der Waals surface area contributed by atoms with Gasteiger partial charge in [-0.25, -0.2) is 0 Å². The number of rotatable bonds is 4. The number of likely N-dealkylation sites (tertiary alicyclic amines) is 1. The maximum atomic E-state index is 12.1. The van der Waals surface area contributed by atoms with E-state index in [4.69, 9.17) is 0 Å². The Morgan fingerprint density at radius 2 is 1.85 bits per heavy atom. The van der Waals surface area contributed by atoms with Crippen LogP contribution in [0.2, 0.25) is 0 Å². The van der Waals surface area contributed by atoms with Crippen LogP contribution in [-0.2, 0) is 0 Å². The van der Waals surface area contributed by atoms with Crippen molar-refractivity contribution in [1.82, 2.24) is 10.2 Å². The summed E-state index contributed by atoms with van der Waals surface area (Å²) >= 11 is 0. The summed E-state index contributed by atoms with van der Waals surface area (Å²) in [5, 5.41) is 22.2. The minimum atomic E-state index is -0.440. The quantitative estimate of drug-likeness (QED) is 0.784. The average Bonchev–Trinajstić information content (AvgIpc) is 2.39. The van der Waals surface area contributed by atoms with Crippen LogP contribution in [0.1, 0.15) is 36.5 Å². The Morgan fingerprint density at radius 3 is 2.45 bits per heavy atom. The molecule has 1 atom stereocenters. The Labute approximate surface area is 119 Å². The van der Waals surface area contributed by atoms with Gasteiger partial charge in [0.05, 0.1) is 0 Å². The lowest BCUT2D eigenvalue weighted by molar-refractivity contribution is 0.0920. The molecule has 5 heteroatoms. The average molecular weight is 278 g/mol. The lowest BCUT2D eigenvalue weighted by Gasteiger charge is -2.29. The third-order valence-corrected chi connectivity index (χ3v) is 3.61. The summed E-state index contributed by atoms with van der Waals surface area (Å²) < 4.78 is 0. The molecule has 1 amide bonds. The normalized spacial score (nSPS) is 17.6. The molecule has 0 aromatic heterocycles. The van der Waals surface area contributed by atoms with Crippen LogP contribution in [0.5, 0.6) is 11.5 Å². The summed E-state index contributed by atoms with van der Waals surface area (Å²) in [6.07, 6.45) is 3.70. The summed E-state index contributed by atoms with van der Waals surface area (Å²) in [6.45, 7) is 4.87. The van der Waals surface area contributed by atoms with Crippen molar-refractivity contribution >= 4 is 5.91 Å². The largest absolute Gasteiger partial charge is 0.507 e.